The lowest BCUT2D eigenvalue weighted by molar-refractivity contribution is 0.171. The Labute approximate surface area is 107 Å². The molecule has 3 N–H and O–H groups in total. The molecule has 2 rings (SSSR count). The smallest absolute Gasteiger partial charge is 0.231 e. The molecule has 100 valence electrons. The van der Waals surface area contributed by atoms with Gasteiger partial charge in [0, 0.05) is 18.6 Å². The molecule has 0 aromatic heterocycles. The van der Waals surface area contributed by atoms with Crippen molar-refractivity contribution in [3.63, 3.8) is 0 Å². The van der Waals surface area contributed by atoms with Crippen molar-refractivity contribution in [2.24, 2.45) is 5.73 Å². The van der Waals surface area contributed by atoms with Gasteiger partial charge in [0.25, 0.3) is 0 Å². The highest BCUT2D eigenvalue weighted by molar-refractivity contribution is 5.55. The van der Waals surface area contributed by atoms with Crippen molar-refractivity contribution in [2.75, 3.05) is 20.4 Å². The van der Waals surface area contributed by atoms with E-state index in [4.69, 9.17) is 19.9 Å². The Morgan fingerprint density at radius 2 is 2.17 bits per heavy atom. The van der Waals surface area contributed by atoms with Crippen molar-refractivity contribution >= 4 is 0 Å². The molecule has 0 saturated carbocycles. The molecule has 18 heavy (non-hydrogen) atoms. The first-order valence-corrected chi connectivity index (χ1v) is 6.09. The molecule has 5 heteroatoms. The third kappa shape index (κ3) is 2.52. The monoisotopic (exact) mass is 252 g/mol. The minimum Gasteiger partial charge on any atom is -0.493 e. The van der Waals surface area contributed by atoms with E-state index in [-0.39, 0.29) is 12.8 Å². The normalized spacial score (nSPS) is 14.9. The van der Waals surface area contributed by atoms with Crippen LogP contribution in [-0.4, -0.2) is 26.5 Å². The van der Waals surface area contributed by atoms with Gasteiger partial charge in [-0.05, 0) is 17.7 Å². The van der Waals surface area contributed by atoms with Crippen LogP contribution in [0.25, 0.3) is 0 Å². The highest BCUT2D eigenvalue weighted by Crippen LogP contribution is 2.42. The van der Waals surface area contributed by atoms with Crippen LogP contribution in [0.1, 0.15) is 25.5 Å². The van der Waals surface area contributed by atoms with Crippen LogP contribution in [0.4, 0.5) is 0 Å². The Kier molecular flexibility index (Phi) is 3.93. The van der Waals surface area contributed by atoms with E-state index >= 15 is 0 Å². The molecule has 5 nitrogen and oxygen atoms in total. The second kappa shape index (κ2) is 5.46. The Balaban J connectivity index is 2.32. The maximum absolute atomic E-state index is 5.81. The Morgan fingerprint density at radius 1 is 1.39 bits per heavy atom. The molecule has 1 heterocycles. The summed E-state index contributed by atoms with van der Waals surface area (Å²) in [6, 6.07) is 4.33. The lowest BCUT2D eigenvalue weighted by Gasteiger charge is -2.21. The fraction of sp³-hybridized carbons (Fsp3) is 0.538. The van der Waals surface area contributed by atoms with Crippen LogP contribution >= 0.6 is 0 Å². The minimum atomic E-state index is 0.0772. The van der Waals surface area contributed by atoms with Gasteiger partial charge < -0.3 is 25.3 Å². The van der Waals surface area contributed by atoms with Crippen molar-refractivity contribution in [2.45, 2.75) is 25.9 Å². The first-order chi connectivity index (χ1) is 8.65. The van der Waals surface area contributed by atoms with E-state index in [2.05, 4.69) is 19.2 Å². The zero-order valence-electron chi connectivity index (χ0n) is 11.0. The number of rotatable bonds is 5. The zero-order valence-corrected chi connectivity index (χ0v) is 11.0. The number of nitrogens with two attached hydrogens (primary N) is 1. The van der Waals surface area contributed by atoms with Crippen molar-refractivity contribution in [3.05, 3.63) is 17.7 Å². The van der Waals surface area contributed by atoms with Crippen molar-refractivity contribution in [1.29, 1.82) is 0 Å². The minimum absolute atomic E-state index is 0.0772. The lowest BCUT2D eigenvalue weighted by Crippen LogP contribution is -2.33. The Morgan fingerprint density at radius 3 is 2.78 bits per heavy atom. The number of benzene rings is 1. The second-order valence-corrected chi connectivity index (χ2v) is 4.57. The summed E-state index contributed by atoms with van der Waals surface area (Å²) in [5.74, 6) is 2.07. The fourth-order valence-electron chi connectivity index (χ4n) is 2.05. The molecule has 1 aliphatic rings. The first kappa shape index (κ1) is 13.0. The first-order valence-electron chi connectivity index (χ1n) is 6.09. The summed E-state index contributed by atoms with van der Waals surface area (Å²) in [6.45, 7) is 4.93. The number of fused-ring (bicyclic) bond motifs is 1. The van der Waals surface area contributed by atoms with Gasteiger partial charge in [-0.15, -0.1) is 0 Å². The predicted molar refractivity (Wildman–Crippen MR) is 69.2 cm³/mol. The van der Waals surface area contributed by atoms with E-state index in [0.29, 0.717) is 29.8 Å². The number of ether oxygens (including phenoxy) is 3. The summed E-state index contributed by atoms with van der Waals surface area (Å²) < 4.78 is 16.1. The molecule has 0 saturated heterocycles. The maximum Gasteiger partial charge on any atom is 0.231 e. The van der Waals surface area contributed by atoms with Crippen LogP contribution in [0.2, 0.25) is 0 Å². The molecule has 1 aromatic rings. The highest BCUT2D eigenvalue weighted by atomic mass is 16.7. The second-order valence-electron chi connectivity index (χ2n) is 4.57. The lowest BCUT2D eigenvalue weighted by atomic mass is 10.0. The number of nitrogens with one attached hydrogen (secondary N) is 1. The van der Waals surface area contributed by atoms with E-state index in [1.54, 1.807) is 7.11 Å². The summed E-state index contributed by atoms with van der Waals surface area (Å²) in [4.78, 5) is 0. The zero-order chi connectivity index (χ0) is 13.1. The summed E-state index contributed by atoms with van der Waals surface area (Å²) >= 11 is 0. The Hall–Kier alpha value is -1.46. The van der Waals surface area contributed by atoms with Crippen LogP contribution < -0.4 is 25.3 Å². The molecule has 0 aliphatic carbocycles. The topological polar surface area (TPSA) is 65.7 Å². The SMILES string of the molecule is COc1cc(C(CN)NC(C)C)cc2c1OCO2. The fourth-order valence-corrected chi connectivity index (χ4v) is 2.05. The maximum atomic E-state index is 5.81. The molecular formula is C13H20N2O3. The van der Waals surface area contributed by atoms with Gasteiger partial charge in [0.05, 0.1) is 7.11 Å². The summed E-state index contributed by atoms with van der Waals surface area (Å²) in [5, 5.41) is 3.41. The van der Waals surface area contributed by atoms with E-state index in [9.17, 15) is 0 Å². The number of hydrogen-bond donors (Lipinski definition) is 2. The predicted octanol–water partition coefficient (Wildman–Crippen LogP) is 1.42. The third-order valence-corrected chi connectivity index (χ3v) is 2.85. The van der Waals surface area contributed by atoms with E-state index < -0.39 is 0 Å². The molecule has 0 amide bonds. The molecule has 1 unspecified atom stereocenters. The molecule has 1 aliphatic heterocycles. The van der Waals surface area contributed by atoms with Gasteiger partial charge in [-0.25, -0.2) is 0 Å². The molecule has 1 atom stereocenters. The van der Waals surface area contributed by atoms with E-state index in [1.165, 1.54) is 0 Å². The quantitative estimate of drug-likeness (QED) is 0.829. The van der Waals surface area contributed by atoms with Crippen molar-refractivity contribution < 1.29 is 14.2 Å². The molecule has 0 fully saturated rings. The van der Waals surface area contributed by atoms with Gasteiger partial charge in [0.15, 0.2) is 11.5 Å². The van der Waals surface area contributed by atoms with Crippen LogP contribution in [0.15, 0.2) is 12.1 Å². The summed E-state index contributed by atoms with van der Waals surface area (Å²) in [6.07, 6.45) is 0. The molecule has 0 bridgehead atoms. The summed E-state index contributed by atoms with van der Waals surface area (Å²) in [7, 11) is 1.62. The standard InChI is InChI=1S/C13H20N2O3/c1-8(2)15-10(6-14)9-4-11(16-3)13-12(5-9)17-7-18-13/h4-5,8,10,15H,6-7,14H2,1-3H3. The average molecular weight is 252 g/mol. The largest absolute Gasteiger partial charge is 0.493 e. The molecular weight excluding hydrogens is 232 g/mol. The number of hydrogen-bond acceptors (Lipinski definition) is 5. The van der Waals surface area contributed by atoms with Crippen molar-refractivity contribution in [3.8, 4) is 17.2 Å². The van der Waals surface area contributed by atoms with Gasteiger partial charge in [-0.3, -0.25) is 0 Å². The molecule has 1 aromatic carbocycles. The van der Waals surface area contributed by atoms with Gasteiger partial charge in [-0.2, -0.15) is 0 Å². The highest BCUT2D eigenvalue weighted by Gasteiger charge is 2.22. The Bertz CT molecular complexity index is 421. The van der Waals surface area contributed by atoms with Gasteiger partial charge in [-0.1, -0.05) is 13.8 Å². The number of methoxy groups -OCH3 is 1. The average Bonchev–Trinajstić information content (AvgIpc) is 2.82. The molecule has 0 radical (unpaired) electrons. The van der Waals surface area contributed by atoms with Gasteiger partial charge in [0.1, 0.15) is 0 Å². The third-order valence-electron chi connectivity index (χ3n) is 2.85. The van der Waals surface area contributed by atoms with Crippen LogP contribution in [0, 0.1) is 0 Å². The van der Waals surface area contributed by atoms with E-state index in [0.717, 1.165) is 5.56 Å². The van der Waals surface area contributed by atoms with Gasteiger partial charge in [0.2, 0.25) is 12.5 Å². The summed E-state index contributed by atoms with van der Waals surface area (Å²) in [5.41, 5.74) is 6.86. The molecule has 0 spiro atoms. The van der Waals surface area contributed by atoms with Crippen LogP contribution in [0.3, 0.4) is 0 Å². The van der Waals surface area contributed by atoms with Gasteiger partial charge >= 0.3 is 0 Å². The van der Waals surface area contributed by atoms with Crippen molar-refractivity contribution in [1.82, 2.24) is 5.32 Å². The van der Waals surface area contributed by atoms with Crippen LogP contribution in [0.5, 0.6) is 17.2 Å². The van der Waals surface area contributed by atoms with Crippen LogP contribution in [-0.2, 0) is 0 Å². The van der Waals surface area contributed by atoms with E-state index in [1.807, 2.05) is 12.1 Å².